The minimum Gasteiger partial charge on any atom is -0.497 e. The number of ketones is 1. The molecule has 3 nitrogen and oxygen atoms in total. The first-order valence-electron chi connectivity index (χ1n) is 4.36. The number of rotatable bonds is 4. The van der Waals surface area contributed by atoms with E-state index in [1.165, 1.54) is 13.2 Å². The summed E-state index contributed by atoms with van der Waals surface area (Å²) < 4.78 is 18.3. The third-order valence-electron chi connectivity index (χ3n) is 1.90. The molecule has 0 radical (unpaired) electrons. The maximum Gasteiger partial charge on any atom is 0.168 e. The molecule has 0 heterocycles. The summed E-state index contributed by atoms with van der Waals surface area (Å²) in [6, 6.07) is 2.52. The number of Topliss-reactive ketones (excluding diaryl/α,β-unsaturated/α-hetero) is 1. The Morgan fingerprint density at radius 2 is 2.27 bits per heavy atom. The van der Waals surface area contributed by atoms with Crippen LogP contribution in [-0.2, 0) is 0 Å². The molecule has 5 heteroatoms. The highest BCUT2D eigenvalue weighted by Crippen LogP contribution is 2.26. The number of benzene rings is 1. The number of halogens is 2. The average molecular weight is 232 g/mol. The second-order valence-corrected chi connectivity index (χ2v) is 3.34. The standard InChI is InChI=1S/C10H11ClFNO2/c1-15-6-4-7(11)10(8(12)5-6)9(14)2-3-13/h4-5H,2-3,13H2,1H3. The second kappa shape index (κ2) is 5.09. The van der Waals surface area contributed by atoms with Crippen LogP contribution in [0.3, 0.4) is 0 Å². The number of nitrogens with two attached hydrogens (primary N) is 1. The highest BCUT2D eigenvalue weighted by atomic mass is 35.5. The number of hydrogen-bond acceptors (Lipinski definition) is 3. The Bertz CT molecular complexity index is 359. The largest absolute Gasteiger partial charge is 0.497 e. The van der Waals surface area contributed by atoms with Crippen molar-refractivity contribution in [3.05, 3.63) is 28.5 Å². The van der Waals surface area contributed by atoms with Gasteiger partial charge in [-0.15, -0.1) is 0 Å². The number of carbonyl (C=O) groups excluding carboxylic acids is 1. The SMILES string of the molecule is COc1cc(F)c(C(=O)CCN)c(Cl)c1. The second-order valence-electron chi connectivity index (χ2n) is 2.93. The predicted molar refractivity (Wildman–Crippen MR) is 56.0 cm³/mol. The molecule has 1 rings (SSSR count). The zero-order valence-corrected chi connectivity index (χ0v) is 8.97. The van der Waals surface area contributed by atoms with E-state index < -0.39 is 11.6 Å². The summed E-state index contributed by atoms with van der Waals surface area (Å²) in [5, 5.41) is 0.0466. The van der Waals surface area contributed by atoms with Crippen LogP contribution in [0.15, 0.2) is 12.1 Å². The molecule has 0 spiro atoms. The van der Waals surface area contributed by atoms with Gasteiger partial charge in [0.05, 0.1) is 17.7 Å². The highest BCUT2D eigenvalue weighted by Gasteiger charge is 2.16. The Morgan fingerprint density at radius 3 is 2.73 bits per heavy atom. The van der Waals surface area contributed by atoms with Gasteiger partial charge in [-0.25, -0.2) is 4.39 Å². The van der Waals surface area contributed by atoms with Crippen LogP contribution < -0.4 is 10.5 Å². The highest BCUT2D eigenvalue weighted by molar-refractivity contribution is 6.34. The molecule has 0 unspecified atom stereocenters. The van der Waals surface area contributed by atoms with Crippen molar-refractivity contribution in [1.29, 1.82) is 0 Å². The molecule has 1 aromatic carbocycles. The van der Waals surface area contributed by atoms with E-state index in [2.05, 4.69) is 0 Å². The van der Waals surface area contributed by atoms with E-state index in [4.69, 9.17) is 22.1 Å². The fourth-order valence-electron chi connectivity index (χ4n) is 1.19. The molecule has 0 aliphatic carbocycles. The number of carbonyl (C=O) groups is 1. The maximum absolute atomic E-state index is 13.4. The van der Waals surface area contributed by atoms with Crippen LogP contribution >= 0.6 is 11.6 Å². The average Bonchev–Trinajstić information content (AvgIpc) is 2.16. The number of ether oxygens (including phenoxy) is 1. The summed E-state index contributed by atoms with van der Waals surface area (Å²) in [4.78, 5) is 11.4. The molecule has 1 aromatic rings. The summed E-state index contributed by atoms with van der Waals surface area (Å²) in [5.41, 5.74) is 5.09. The lowest BCUT2D eigenvalue weighted by atomic mass is 10.1. The minimum absolute atomic E-state index is 0.0466. The summed E-state index contributed by atoms with van der Waals surface area (Å²) in [6.07, 6.45) is 0.0724. The maximum atomic E-state index is 13.4. The fraction of sp³-hybridized carbons (Fsp3) is 0.300. The van der Waals surface area contributed by atoms with Crippen LogP contribution in [0.5, 0.6) is 5.75 Å². The lowest BCUT2D eigenvalue weighted by molar-refractivity contribution is 0.0981. The third-order valence-corrected chi connectivity index (χ3v) is 2.20. The van der Waals surface area contributed by atoms with Crippen molar-refractivity contribution in [2.24, 2.45) is 5.73 Å². The molecule has 82 valence electrons. The van der Waals surface area contributed by atoms with Crippen LogP contribution in [0.25, 0.3) is 0 Å². The van der Waals surface area contributed by atoms with Crippen molar-refractivity contribution in [3.63, 3.8) is 0 Å². The lowest BCUT2D eigenvalue weighted by Crippen LogP contribution is -2.10. The van der Waals surface area contributed by atoms with E-state index in [0.29, 0.717) is 0 Å². The number of methoxy groups -OCH3 is 1. The predicted octanol–water partition coefficient (Wildman–Crippen LogP) is 2.02. The summed E-state index contributed by atoms with van der Waals surface area (Å²) in [7, 11) is 1.40. The monoisotopic (exact) mass is 231 g/mol. The Hall–Kier alpha value is -1.13. The van der Waals surface area contributed by atoms with Gasteiger partial charge in [-0.05, 0) is 12.6 Å². The minimum atomic E-state index is -0.683. The molecule has 0 saturated carbocycles. The molecule has 0 atom stereocenters. The Labute approximate surface area is 92.0 Å². The van der Waals surface area contributed by atoms with Gasteiger partial charge in [-0.2, -0.15) is 0 Å². The lowest BCUT2D eigenvalue weighted by Gasteiger charge is -2.06. The van der Waals surface area contributed by atoms with E-state index in [-0.39, 0.29) is 29.3 Å². The molecule has 15 heavy (non-hydrogen) atoms. The zero-order chi connectivity index (χ0) is 11.4. The molecule has 0 saturated heterocycles. The van der Waals surface area contributed by atoms with Gasteiger partial charge in [-0.3, -0.25) is 4.79 Å². The van der Waals surface area contributed by atoms with Gasteiger partial charge in [0, 0.05) is 12.5 Å². The van der Waals surface area contributed by atoms with Crippen molar-refractivity contribution < 1.29 is 13.9 Å². The normalized spacial score (nSPS) is 10.1. The Morgan fingerprint density at radius 1 is 1.60 bits per heavy atom. The Balaban J connectivity index is 3.13. The van der Waals surface area contributed by atoms with Gasteiger partial charge < -0.3 is 10.5 Å². The van der Waals surface area contributed by atoms with Gasteiger partial charge in [0.1, 0.15) is 11.6 Å². The summed E-state index contributed by atoms with van der Waals surface area (Å²) in [5.74, 6) is -0.803. The van der Waals surface area contributed by atoms with Crippen molar-refractivity contribution in [2.45, 2.75) is 6.42 Å². The van der Waals surface area contributed by atoms with Crippen molar-refractivity contribution in [3.8, 4) is 5.75 Å². The molecular formula is C10H11ClFNO2. The Kier molecular flexibility index (Phi) is 4.05. The zero-order valence-electron chi connectivity index (χ0n) is 8.22. The first kappa shape index (κ1) is 11.9. The van der Waals surface area contributed by atoms with E-state index in [9.17, 15) is 9.18 Å². The summed E-state index contributed by atoms with van der Waals surface area (Å²) in [6.45, 7) is 0.167. The van der Waals surface area contributed by atoms with Crippen LogP contribution in [0.2, 0.25) is 5.02 Å². The molecule has 0 fully saturated rings. The molecule has 0 aliphatic heterocycles. The third kappa shape index (κ3) is 2.67. The van der Waals surface area contributed by atoms with Crippen LogP contribution in [0, 0.1) is 5.82 Å². The van der Waals surface area contributed by atoms with Crippen LogP contribution in [0.4, 0.5) is 4.39 Å². The van der Waals surface area contributed by atoms with Gasteiger partial charge in [0.25, 0.3) is 0 Å². The van der Waals surface area contributed by atoms with E-state index in [1.54, 1.807) is 0 Å². The van der Waals surface area contributed by atoms with Crippen LogP contribution in [-0.4, -0.2) is 19.4 Å². The molecule has 0 aliphatic rings. The van der Waals surface area contributed by atoms with E-state index in [1.807, 2.05) is 0 Å². The van der Waals surface area contributed by atoms with Crippen LogP contribution in [0.1, 0.15) is 16.8 Å². The molecular weight excluding hydrogens is 221 g/mol. The van der Waals surface area contributed by atoms with Crippen molar-refractivity contribution in [1.82, 2.24) is 0 Å². The summed E-state index contributed by atoms with van der Waals surface area (Å²) >= 11 is 5.76. The number of hydrogen-bond donors (Lipinski definition) is 1. The van der Waals surface area contributed by atoms with Gasteiger partial charge in [0.2, 0.25) is 0 Å². The molecule has 0 bridgehead atoms. The molecule has 0 aromatic heterocycles. The van der Waals surface area contributed by atoms with Gasteiger partial charge in [0.15, 0.2) is 5.78 Å². The van der Waals surface area contributed by atoms with Gasteiger partial charge in [-0.1, -0.05) is 11.6 Å². The van der Waals surface area contributed by atoms with E-state index >= 15 is 0 Å². The molecule has 2 N–H and O–H groups in total. The quantitative estimate of drug-likeness (QED) is 0.807. The fourth-order valence-corrected chi connectivity index (χ4v) is 1.49. The smallest absolute Gasteiger partial charge is 0.168 e. The van der Waals surface area contributed by atoms with Gasteiger partial charge >= 0.3 is 0 Å². The van der Waals surface area contributed by atoms with Crippen molar-refractivity contribution in [2.75, 3.05) is 13.7 Å². The van der Waals surface area contributed by atoms with E-state index in [0.717, 1.165) is 6.07 Å². The van der Waals surface area contributed by atoms with Crippen molar-refractivity contribution >= 4 is 17.4 Å². The molecule has 0 amide bonds. The topological polar surface area (TPSA) is 52.3 Å². The first-order valence-corrected chi connectivity index (χ1v) is 4.74. The first-order chi connectivity index (χ1) is 7.10.